The standard InChI is InChI=1S/C19H30O2/c1-4-5-6-7-8-9-10-11-16-12-14-17(15-13-16)18(20)19(2,3)21/h12-15,21H,4-11H2,1-3H3. The fourth-order valence-corrected chi connectivity index (χ4v) is 2.46. The number of unbranched alkanes of at least 4 members (excludes halogenated alkanes) is 6. The van der Waals surface area contributed by atoms with Crippen LogP contribution < -0.4 is 0 Å². The van der Waals surface area contributed by atoms with E-state index in [2.05, 4.69) is 6.92 Å². The first-order valence-electron chi connectivity index (χ1n) is 8.31. The Bertz CT molecular complexity index is 412. The Morgan fingerprint density at radius 1 is 0.952 bits per heavy atom. The highest BCUT2D eigenvalue weighted by atomic mass is 16.3. The maximum atomic E-state index is 11.9. The molecule has 2 nitrogen and oxygen atoms in total. The lowest BCUT2D eigenvalue weighted by molar-refractivity contribution is 0.0488. The lowest BCUT2D eigenvalue weighted by atomic mass is 9.95. The van der Waals surface area contributed by atoms with Crippen molar-refractivity contribution in [3.05, 3.63) is 35.4 Å². The highest BCUT2D eigenvalue weighted by Crippen LogP contribution is 2.15. The van der Waals surface area contributed by atoms with Gasteiger partial charge < -0.3 is 5.11 Å². The van der Waals surface area contributed by atoms with Gasteiger partial charge in [0, 0.05) is 5.56 Å². The predicted octanol–water partition coefficient (Wildman–Crippen LogP) is 4.93. The molecule has 1 rings (SSSR count). The van der Waals surface area contributed by atoms with Crippen molar-refractivity contribution in [3.63, 3.8) is 0 Å². The quantitative estimate of drug-likeness (QED) is 0.490. The van der Waals surface area contributed by atoms with Gasteiger partial charge >= 0.3 is 0 Å². The molecule has 0 heterocycles. The zero-order valence-corrected chi connectivity index (χ0v) is 13.8. The smallest absolute Gasteiger partial charge is 0.193 e. The fourth-order valence-electron chi connectivity index (χ4n) is 2.46. The second kappa shape index (κ2) is 8.99. The molecule has 0 bridgehead atoms. The number of Topliss-reactive ketones (excluding diaryl/α,β-unsaturated/α-hetero) is 1. The van der Waals surface area contributed by atoms with Gasteiger partial charge in [-0.3, -0.25) is 4.79 Å². The summed E-state index contributed by atoms with van der Waals surface area (Å²) < 4.78 is 0. The first-order chi connectivity index (χ1) is 9.95. The summed E-state index contributed by atoms with van der Waals surface area (Å²) >= 11 is 0. The summed E-state index contributed by atoms with van der Waals surface area (Å²) in [5.74, 6) is -0.218. The number of aliphatic hydroxyl groups is 1. The molecule has 0 radical (unpaired) electrons. The van der Waals surface area contributed by atoms with E-state index in [1.807, 2.05) is 24.3 Å². The molecule has 0 amide bonds. The Balaban J connectivity index is 2.30. The molecular formula is C19H30O2. The van der Waals surface area contributed by atoms with Crippen LogP contribution in [0.3, 0.4) is 0 Å². The minimum absolute atomic E-state index is 0.218. The summed E-state index contributed by atoms with van der Waals surface area (Å²) in [5, 5.41) is 9.72. The Hall–Kier alpha value is -1.15. The van der Waals surface area contributed by atoms with Gasteiger partial charge in [-0.1, -0.05) is 69.7 Å². The molecule has 0 aromatic heterocycles. The van der Waals surface area contributed by atoms with Crippen LogP contribution in [-0.2, 0) is 6.42 Å². The molecule has 0 saturated carbocycles. The van der Waals surface area contributed by atoms with Gasteiger partial charge in [0.15, 0.2) is 5.78 Å². The molecule has 21 heavy (non-hydrogen) atoms. The van der Waals surface area contributed by atoms with Crippen LogP contribution >= 0.6 is 0 Å². The lowest BCUT2D eigenvalue weighted by Gasteiger charge is -2.15. The SMILES string of the molecule is CCCCCCCCCc1ccc(C(=O)C(C)(C)O)cc1. The van der Waals surface area contributed by atoms with E-state index in [1.54, 1.807) is 0 Å². The molecule has 1 N–H and O–H groups in total. The zero-order chi connectivity index (χ0) is 15.7. The van der Waals surface area contributed by atoms with E-state index in [4.69, 9.17) is 0 Å². The van der Waals surface area contributed by atoms with Crippen LogP contribution in [0.4, 0.5) is 0 Å². The summed E-state index contributed by atoms with van der Waals surface area (Å²) in [6.07, 6.45) is 10.3. The maximum Gasteiger partial charge on any atom is 0.193 e. The van der Waals surface area contributed by atoms with E-state index in [1.165, 1.54) is 64.4 Å². The van der Waals surface area contributed by atoms with E-state index in [9.17, 15) is 9.90 Å². The minimum Gasteiger partial charge on any atom is -0.382 e. The third kappa shape index (κ3) is 6.90. The molecule has 2 heteroatoms. The number of hydrogen-bond acceptors (Lipinski definition) is 2. The molecule has 0 fully saturated rings. The van der Waals surface area contributed by atoms with Gasteiger partial charge in [0.2, 0.25) is 0 Å². The van der Waals surface area contributed by atoms with Crippen LogP contribution in [0, 0.1) is 0 Å². The molecule has 0 spiro atoms. The first kappa shape index (κ1) is 17.9. The van der Waals surface area contributed by atoms with Crippen LogP contribution in [0.5, 0.6) is 0 Å². The van der Waals surface area contributed by atoms with E-state index in [-0.39, 0.29) is 5.78 Å². The minimum atomic E-state index is -1.29. The number of ketones is 1. The topological polar surface area (TPSA) is 37.3 Å². The van der Waals surface area contributed by atoms with Crippen molar-refractivity contribution < 1.29 is 9.90 Å². The normalized spacial score (nSPS) is 11.6. The number of rotatable bonds is 10. The van der Waals surface area contributed by atoms with Gasteiger partial charge in [0.25, 0.3) is 0 Å². The first-order valence-corrected chi connectivity index (χ1v) is 8.31. The molecule has 118 valence electrons. The second-order valence-electron chi connectivity index (χ2n) is 6.46. The van der Waals surface area contributed by atoms with Gasteiger partial charge in [0.1, 0.15) is 5.60 Å². The van der Waals surface area contributed by atoms with E-state index >= 15 is 0 Å². The van der Waals surface area contributed by atoms with Crippen LogP contribution in [0.15, 0.2) is 24.3 Å². The van der Waals surface area contributed by atoms with E-state index in [0.29, 0.717) is 5.56 Å². The molecule has 1 aromatic rings. The largest absolute Gasteiger partial charge is 0.382 e. The number of benzene rings is 1. The van der Waals surface area contributed by atoms with Crippen LogP contribution in [0.25, 0.3) is 0 Å². The number of hydrogen-bond donors (Lipinski definition) is 1. The number of carbonyl (C=O) groups is 1. The Morgan fingerprint density at radius 2 is 1.48 bits per heavy atom. The van der Waals surface area contributed by atoms with Crippen molar-refractivity contribution in [1.82, 2.24) is 0 Å². The monoisotopic (exact) mass is 290 g/mol. The summed E-state index contributed by atoms with van der Waals surface area (Å²) in [7, 11) is 0. The Morgan fingerprint density at radius 3 is 2.00 bits per heavy atom. The lowest BCUT2D eigenvalue weighted by Crippen LogP contribution is -2.31. The molecule has 1 aromatic carbocycles. The Labute approximate surface area is 129 Å². The predicted molar refractivity (Wildman–Crippen MR) is 88.8 cm³/mol. The zero-order valence-electron chi connectivity index (χ0n) is 13.8. The average molecular weight is 290 g/mol. The second-order valence-corrected chi connectivity index (χ2v) is 6.46. The van der Waals surface area contributed by atoms with Gasteiger partial charge in [-0.2, -0.15) is 0 Å². The Kier molecular flexibility index (Phi) is 7.66. The van der Waals surface area contributed by atoms with Crippen molar-refractivity contribution in [2.45, 2.75) is 77.7 Å². The van der Waals surface area contributed by atoms with Crippen LogP contribution in [-0.4, -0.2) is 16.5 Å². The highest BCUT2D eigenvalue weighted by molar-refractivity contribution is 6.01. The van der Waals surface area contributed by atoms with Crippen molar-refractivity contribution in [2.24, 2.45) is 0 Å². The molecule has 0 aliphatic carbocycles. The van der Waals surface area contributed by atoms with Crippen molar-refractivity contribution in [3.8, 4) is 0 Å². The van der Waals surface area contributed by atoms with E-state index < -0.39 is 5.60 Å². The maximum absolute atomic E-state index is 11.9. The average Bonchev–Trinajstić information content (AvgIpc) is 2.45. The van der Waals surface area contributed by atoms with Gasteiger partial charge in [-0.25, -0.2) is 0 Å². The molecule has 0 unspecified atom stereocenters. The van der Waals surface area contributed by atoms with Crippen molar-refractivity contribution in [1.29, 1.82) is 0 Å². The molecule has 0 saturated heterocycles. The third-order valence-corrected chi connectivity index (χ3v) is 3.84. The number of aryl methyl sites for hydroxylation is 1. The number of carbonyl (C=O) groups excluding carboxylic acids is 1. The summed E-state index contributed by atoms with van der Waals surface area (Å²) in [5.41, 5.74) is 0.571. The summed E-state index contributed by atoms with van der Waals surface area (Å²) in [4.78, 5) is 11.9. The highest BCUT2D eigenvalue weighted by Gasteiger charge is 2.24. The molecule has 0 aliphatic rings. The van der Waals surface area contributed by atoms with Gasteiger partial charge in [-0.05, 0) is 32.3 Å². The van der Waals surface area contributed by atoms with Crippen molar-refractivity contribution >= 4 is 5.78 Å². The molecule has 0 aliphatic heterocycles. The van der Waals surface area contributed by atoms with Crippen LogP contribution in [0.1, 0.15) is 81.6 Å². The molecule has 0 atom stereocenters. The van der Waals surface area contributed by atoms with E-state index in [0.717, 1.165) is 6.42 Å². The summed E-state index contributed by atoms with van der Waals surface area (Å²) in [6.45, 7) is 5.30. The third-order valence-electron chi connectivity index (χ3n) is 3.84. The summed E-state index contributed by atoms with van der Waals surface area (Å²) in [6, 6.07) is 7.68. The van der Waals surface area contributed by atoms with Gasteiger partial charge in [0.05, 0.1) is 0 Å². The van der Waals surface area contributed by atoms with Gasteiger partial charge in [-0.15, -0.1) is 0 Å². The fraction of sp³-hybridized carbons (Fsp3) is 0.632. The van der Waals surface area contributed by atoms with Crippen molar-refractivity contribution in [2.75, 3.05) is 0 Å². The van der Waals surface area contributed by atoms with Crippen LogP contribution in [0.2, 0.25) is 0 Å². The molecular weight excluding hydrogens is 260 g/mol.